The van der Waals surface area contributed by atoms with E-state index in [1.807, 2.05) is 48.5 Å². The van der Waals surface area contributed by atoms with Crippen LogP contribution in [0.1, 0.15) is 17.3 Å². The normalized spacial score (nSPS) is 10.2. The minimum Gasteiger partial charge on any atom is -0.319 e. The predicted molar refractivity (Wildman–Crippen MR) is 125 cm³/mol. The number of Topliss-reactive ketones (excluding diaryl/α,β-unsaturated/α-hetero) is 2. The van der Waals surface area contributed by atoms with Crippen molar-refractivity contribution in [3.8, 4) is 11.3 Å². The van der Waals surface area contributed by atoms with E-state index in [0.29, 0.717) is 11.3 Å². The Bertz CT molecular complexity index is 1300. The van der Waals surface area contributed by atoms with Crippen LogP contribution in [0, 0.1) is 0 Å². The van der Waals surface area contributed by atoms with Gasteiger partial charge >= 0.3 is 0 Å². The Kier molecular flexibility index (Phi) is 7.07. The third-order valence-electron chi connectivity index (χ3n) is 4.10. The first-order valence-corrected chi connectivity index (χ1v) is 10.5. The lowest BCUT2D eigenvalue weighted by Gasteiger charge is -2.03. The van der Waals surface area contributed by atoms with E-state index in [-0.39, 0.29) is 5.56 Å². The van der Waals surface area contributed by atoms with Crippen molar-refractivity contribution < 1.29 is 9.59 Å². The zero-order valence-electron chi connectivity index (χ0n) is 15.9. The maximum atomic E-state index is 12.0. The van der Waals surface area contributed by atoms with Gasteiger partial charge in [-0.3, -0.25) is 14.4 Å². The first-order chi connectivity index (χ1) is 14.3. The highest BCUT2D eigenvalue weighted by atomic mass is 79.9. The number of para-hydroxylation sites is 2. The van der Waals surface area contributed by atoms with Gasteiger partial charge in [-0.25, -0.2) is 4.98 Å². The molecule has 4 rings (SSSR count). The van der Waals surface area contributed by atoms with Crippen LogP contribution >= 0.6 is 31.9 Å². The van der Waals surface area contributed by atoms with Crippen LogP contribution in [0.25, 0.3) is 22.3 Å². The molecule has 7 heteroatoms. The summed E-state index contributed by atoms with van der Waals surface area (Å²) in [5.74, 6) is -0.885. The Morgan fingerprint density at radius 1 is 0.867 bits per heavy atom. The van der Waals surface area contributed by atoms with E-state index in [4.69, 9.17) is 0 Å². The standard InChI is InChI=1S/C14H9BrN2O.C9H7BrO2/c15-10-5-3-4-9(8-10)13-14(18)17-12-7-2-1-6-11(12)16-13;1-6(11)9(12)7-3-2-4-8(10)5-7/h1-8H,(H,17,18);2-5H,1H3. The zero-order valence-corrected chi connectivity index (χ0v) is 19.0. The SMILES string of the molecule is CC(=O)C(=O)c1cccc(Br)c1.O=c1[nH]c2ccccc2nc1-c1cccc(Br)c1. The van der Waals surface area contributed by atoms with E-state index < -0.39 is 11.6 Å². The summed E-state index contributed by atoms with van der Waals surface area (Å²) in [6, 6.07) is 21.8. The molecule has 0 spiro atoms. The highest BCUT2D eigenvalue weighted by Crippen LogP contribution is 2.20. The van der Waals surface area contributed by atoms with Crippen LogP contribution in [-0.4, -0.2) is 21.5 Å². The molecule has 0 saturated carbocycles. The number of nitrogens with zero attached hydrogens (tertiary/aromatic N) is 1. The molecule has 0 aliphatic rings. The van der Waals surface area contributed by atoms with Crippen molar-refractivity contribution in [1.82, 2.24) is 9.97 Å². The molecular formula is C23H16Br2N2O3. The Hall–Kier alpha value is -2.90. The van der Waals surface area contributed by atoms with Crippen LogP contribution in [0.4, 0.5) is 0 Å². The van der Waals surface area contributed by atoms with Gasteiger partial charge in [0.05, 0.1) is 11.0 Å². The molecule has 0 fully saturated rings. The molecule has 5 nitrogen and oxygen atoms in total. The molecule has 0 bridgehead atoms. The van der Waals surface area contributed by atoms with Gasteiger partial charge in [-0.15, -0.1) is 0 Å². The van der Waals surface area contributed by atoms with Crippen LogP contribution in [0.5, 0.6) is 0 Å². The van der Waals surface area contributed by atoms with Crippen molar-refractivity contribution in [2.75, 3.05) is 0 Å². The van der Waals surface area contributed by atoms with Crippen LogP contribution in [-0.2, 0) is 4.79 Å². The molecule has 1 aromatic heterocycles. The number of nitrogens with one attached hydrogen (secondary N) is 1. The highest BCUT2D eigenvalue weighted by Gasteiger charge is 2.10. The van der Waals surface area contributed by atoms with Crippen molar-refractivity contribution in [2.45, 2.75) is 6.92 Å². The molecule has 0 unspecified atom stereocenters. The van der Waals surface area contributed by atoms with E-state index in [1.165, 1.54) is 6.92 Å². The summed E-state index contributed by atoms with van der Waals surface area (Å²) >= 11 is 6.61. The van der Waals surface area contributed by atoms with E-state index in [9.17, 15) is 14.4 Å². The van der Waals surface area contributed by atoms with Crippen molar-refractivity contribution in [3.63, 3.8) is 0 Å². The van der Waals surface area contributed by atoms with E-state index in [2.05, 4.69) is 41.8 Å². The first-order valence-electron chi connectivity index (χ1n) is 8.91. The molecule has 30 heavy (non-hydrogen) atoms. The maximum absolute atomic E-state index is 12.0. The van der Waals surface area contributed by atoms with Gasteiger partial charge in [0, 0.05) is 27.0 Å². The van der Waals surface area contributed by atoms with Gasteiger partial charge in [0.2, 0.25) is 5.78 Å². The number of aromatic amines is 1. The number of carbonyl (C=O) groups excluding carboxylic acids is 2. The lowest BCUT2D eigenvalue weighted by molar-refractivity contribution is -0.113. The average Bonchev–Trinajstić information content (AvgIpc) is 2.73. The van der Waals surface area contributed by atoms with Crippen LogP contribution in [0.2, 0.25) is 0 Å². The Labute approximate surface area is 189 Å². The molecule has 150 valence electrons. The molecule has 0 aliphatic carbocycles. The van der Waals surface area contributed by atoms with Gasteiger partial charge in [-0.05, 0) is 36.4 Å². The van der Waals surface area contributed by atoms with E-state index in [1.54, 1.807) is 24.3 Å². The Morgan fingerprint density at radius 2 is 1.53 bits per heavy atom. The number of hydrogen-bond acceptors (Lipinski definition) is 4. The number of fused-ring (bicyclic) bond motifs is 1. The summed E-state index contributed by atoms with van der Waals surface area (Å²) in [5, 5.41) is 0. The molecule has 3 aromatic carbocycles. The van der Waals surface area contributed by atoms with Gasteiger partial charge in [-0.1, -0.05) is 68.3 Å². The lowest BCUT2D eigenvalue weighted by atomic mass is 10.1. The summed E-state index contributed by atoms with van der Waals surface area (Å²) in [4.78, 5) is 41.1. The molecule has 0 aliphatic heterocycles. The number of rotatable bonds is 3. The van der Waals surface area contributed by atoms with Gasteiger partial charge in [0.25, 0.3) is 5.56 Å². The topological polar surface area (TPSA) is 79.9 Å². The van der Waals surface area contributed by atoms with Gasteiger partial charge < -0.3 is 4.98 Å². The second kappa shape index (κ2) is 9.73. The number of benzene rings is 3. The summed E-state index contributed by atoms with van der Waals surface area (Å²) in [6.07, 6.45) is 0. The fourth-order valence-electron chi connectivity index (χ4n) is 2.69. The molecule has 0 atom stereocenters. The minimum atomic E-state index is -0.448. The van der Waals surface area contributed by atoms with Gasteiger partial charge in [-0.2, -0.15) is 0 Å². The quantitative estimate of drug-likeness (QED) is 0.279. The number of aromatic nitrogens is 2. The minimum absolute atomic E-state index is 0.174. The fraction of sp³-hybridized carbons (Fsp3) is 0.0435. The van der Waals surface area contributed by atoms with Crippen molar-refractivity contribution >= 4 is 54.5 Å². The summed E-state index contributed by atoms with van der Waals surface area (Å²) < 4.78 is 1.73. The predicted octanol–water partition coefficient (Wildman–Crippen LogP) is 5.57. The number of halogens is 2. The van der Waals surface area contributed by atoms with Crippen LogP contribution in [0.15, 0.2) is 86.5 Å². The van der Waals surface area contributed by atoms with E-state index in [0.717, 1.165) is 25.5 Å². The molecule has 0 saturated heterocycles. The Morgan fingerprint density at radius 3 is 2.20 bits per heavy atom. The van der Waals surface area contributed by atoms with E-state index >= 15 is 0 Å². The first kappa shape index (κ1) is 21.8. The van der Waals surface area contributed by atoms with Gasteiger partial charge in [0.1, 0.15) is 5.69 Å². The third kappa shape index (κ3) is 5.37. The highest BCUT2D eigenvalue weighted by molar-refractivity contribution is 9.10. The number of hydrogen-bond donors (Lipinski definition) is 1. The number of ketones is 2. The summed E-state index contributed by atoms with van der Waals surface area (Å²) in [5.41, 5.74) is 3.03. The Balaban J connectivity index is 0.000000187. The second-order valence-electron chi connectivity index (χ2n) is 6.34. The van der Waals surface area contributed by atoms with Crippen LogP contribution in [0.3, 0.4) is 0 Å². The monoisotopic (exact) mass is 526 g/mol. The van der Waals surface area contributed by atoms with Crippen molar-refractivity contribution in [1.29, 1.82) is 0 Å². The second-order valence-corrected chi connectivity index (χ2v) is 8.17. The average molecular weight is 528 g/mol. The molecule has 1 heterocycles. The number of H-pyrrole nitrogens is 1. The number of carbonyl (C=O) groups is 2. The largest absolute Gasteiger partial charge is 0.319 e. The van der Waals surface area contributed by atoms with Crippen molar-refractivity contribution in [3.05, 3.63) is 97.7 Å². The lowest BCUT2D eigenvalue weighted by Crippen LogP contribution is -2.11. The molecule has 0 radical (unpaired) electrons. The summed E-state index contributed by atoms with van der Waals surface area (Å²) in [7, 11) is 0. The smallest absolute Gasteiger partial charge is 0.274 e. The molecule has 0 amide bonds. The molecule has 4 aromatic rings. The molecule has 1 N–H and O–H groups in total. The molecular weight excluding hydrogens is 512 g/mol. The third-order valence-corrected chi connectivity index (χ3v) is 5.09. The van der Waals surface area contributed by atoms with Crippen LogP contribution < -0.4 is 5.56 Å². The zero-order chi connectivity index (χ0) is 21.7. The summed E-state index contributed by atoms with van der Waals surface area (Å²) in [6.45, 7) is 1.27. The maximum Gasteiger partial charge on any atom is 0.274 e. The fourth-order valence-corrected chi connectivity index (χ4v) is 3.49. The van der Waals surface area contributed by atoms with Crippen molar-refractivity contribution in [2.24, 2.45) is 0 Å². The van der Waals surface area contributed by atoms with Gasteiger partial charge in [0.15, 0.2) is 5.78 Å².